The van der Waals surface area contributed by atoms with Crippen molar-refractivity contribution in [1.82, 2.24) is 5.32 Å². The van der Waals surface area contributed by atoms with Crippen molar-refractivity contribution in [3.05, 3.63) is 23.8 Å². The number of carbonyl (C=O) groups excluding carboxylic acids is 1. The van der Waals surface area contributed by atoms with E-state index in [-0.39, 0.29) is 11.4 Å². The third kappa shape index (κ3) is 4.28. The minimum absolute atomic E-state index is 0.0555. The summed E-state index contributed by atoms with van der Waals surface area (Å²) in [5.41, 5.74) is 7.94. The summed E-state index contributed by atoms with van der Waals surface area (Å²) in [6.07, 6.45) is 0.922. The standard InChI is InChI=1S/C14H23N3O/c1-5-8-16-13(18)10-6-7-12(11(15)9-10)17-14(2,3)4/h6-7,9,17H,5,8,15H2,1-4H3,(H,16,18). The number of hydrogen-bond donors (Lipinski definition) is 3. The van der Waals surface area contributed by atoms with Crippen LogP contribution in [0.4, 0.5) is 11.4 Å². The predicted molar refractivity (Wildman–Crippen MR) is 76.9 cm³/mol. The fourth-order valence-electron chi connectivity index (χ4n) is 1.56. The Hall–Kier alpha value is -1.71. The van der Waals surface area contributed by atoms with Gasteiger partial charge < -0.3 is 16.4 Å². The Kier molecular flexibility index (Phi) is 4.59. The number of nitrogen functional groups attached to an aromatic ring is 1. The van der Waals surface area contributed by atoms with Gasteiger partial charge in [-0.2, -0.15) is 0 Å². The van der Waals surface area contributed by atoms with E-state index in [2.05, 4.69) is 31.4 Å². The van der Waals surface area contributed by atoms with Crippen LogP contribution in [0.15, 0.2) is 18.2 Å². The van der Waals surface area contributed by atoms with Crippen molar-refractivity contribution in [2.45, 2.75) is 39.7 Å². The molecule has 0 aliphatic carbocycles. The van der Waals surface area contributed by atoms with E-state index in [1.54, 1.807) is 12.1 Å². The molecule has 0 atom stereocenters. The second-order valence-corrected chi connectivity index (χ2v) is 5.43. The molecule has 0 heterocycles. The highest BCUT2D eigenvalue weighted by molar-refractivity contribution is 5.96. The highest BCUT2D eigenvalue weighted by Crippen LogP contribution is 2.23. The molecule has 0 unspecified atom stereocenters. The molecule has 4 nitrogen and oxygen atoms in total. The summed E-state index contributed by atoms with van der Waals surface area (Å²) >= 11 is 0. The number of amides is 1. The van der Waals surface area contributed by atoms with Gasteiger partial charge in [-0.1, -0.05) is 6.92 Å². The zero-order chi connectivity index (χ0) is 13.8. The summed E-state index contributed by atoms with van der Waals surface area (Å²) in [6.45, 7) is 8.89. The van der Waals surface area contributed by atoms with E-state index in [9.17, 15) is 4.79 Å². The van der Waals surface area contributed by atoms with E-state index in [0.29, 0.717) is 17.8 Å². The number of anilines is 2. The quantitative estimate of drug-likeness (QED) is 0.719. The minimum atomic E-state index is -0.0779. The van der Waals surface area contributed by atoms with Crippen LogP contribution >= 0.6 is 0 Å². The maximum atomic E-state index is 11.8. The lowest BCUT2D eigenvalue weighted by atomic mass is 10.1. The average molecular weight is 249 g/mol. The largest absolute Gasteiger partial charge is 0.397 e. The zero-order valence-electron chi connectivity index (χ0n) is 11.6. The molecule has 4 N–H and O–H groups in total. The van der Waals surface area contributed by atoms with Gasteiger partial charge in [0, 0.05) is 17.6 Å². The van der Waals surface area contributed by atoms with Crippen molar-refractivity contribution in [2.24, 2.45) is 0 Å². The highest BCUT2D eigenvalue weighted by atomic mass is 16.1. The first kappa shape index (κ1) is 14.4. The van der Waals surface area contributed by atoms with Crippen molar-refractivity contribution < 1.29 is 4.79 Å². The van der Waals surface area contributed by atoms with E-state index in [4.69, 9.17) is 5.73 Å². The number of carbonyl (C=O) groups is 1. The van der Waals surface area contributed by atoms with Gasteiger partial charge in [-0.25, -0.2) is 0 Å². The lowest BCUT2D eigenvalue weighted by Gasteiger charge is -2.23. The maximum absolute atomic E-state index is 11.8. The van der Waals surface area contributed by atoms with E-state index in [1.165, 1.54) is 0 Å². The lowest BCUT2D eigenvalue weighted by Crippen LogP contribution is -2.27. The zero-order valence-corrected chi connectivity index (χ0v) is 11.6. The fraction of sp³-hybridized carbons (Fsp3) is 0.500. The second-order valence-electron chi connectivity index (χ2n) is 5.43. The van der Waals surface area contributed by atoms with Crippen LogP contribution in [-0.2, 0) is 0 Å². The summed E-state index contributed by atoms with van der Waals surface area (Å²) in [7, 11) is 0. The molecule has 1 rings (SSSR count). The summed E-state index contributed by atoms with van der Waals surface area (Å²) in [5.74, 6) is -0.0779. The minimum Gasteiger partial charge on any atom is -0.397 e. The molecule has 100 valence electrons. The molecule has 0 aromatic heterocycles. The van der Waals surface area contributed by atoms with Gasteiger partial charge in [0.15, 0.2) is 0 Å². The van der Waals surface area contributed by atoms with Crippen LogP contribution in [0.1, 0.15) is 44.5 Å². The molecule has 0 aliphatic rings. The molecule has 0 fully saturated rings. The Morgan fingerprint density at radius 2 is 2.00 bits per heavy atom. The first-order valence-corrected chi connectivity index (χ1v) is 6.29. The van der Waals surface area contributed by atoms with Gasteiger partial charge in [0.2, 0.25) is 0 Å². The van der Waals surface area contributed by atoms with Crippen LogP contribution in [0.5, 0.6) is 0 Å². The van der Waals surface area contributed by atoms with Crippen molar-refractivity contribution in [2.75, 3.05) is 17.6 Å². The van der Waals surface area contributed by atoms with Crippen LogP contribution in [0.25, 0.3) is 0 Å². The third-order valence-electron chi connectivity index (χ3n) is 2.36. The number of nitrogens with one attached hydrogen (secondary N) is 2. The van der Waals surface area contributed by atoms with Gasteiger partial charge in [0.25, 0.3) is 5.91 Å². The molecule has 4 heteroatoms. The molecule has 0 bridgehead atoms. The van der Waals surface area contributed by atoms with Crippen LogP contribution in [-0.4, -0.2) is 18.0 Å². The fourth-order valence-corrected chi connectivity index (χ4v) is 1.56. The molecule has 1 aromatic carbocycles. The molecule has 0 radical (unpaired) electrons. The molecule has 0 aliphatic heterocycles. The molecule has 18 heavy (non-hydrogen) atoms. The topological polar surface area (TPSA) is 67.2 Å². The van der Waals surface area contributed by atoms with E-state index < -0.39 is 0 Å². The summed E-state index contributed by atoms with van der Waals surface area (Å²) in [4.78, 5) is 11.8. The van der Waals surface area contributed by atoms with Crippen LogP contribution in [0, 0.1) is 0 Å². The Morgan fingerprint density at radius 3 is 2.50 bits per heavy atom. The average Bonchev–Trinajstić information content (AvgIpc) is 2.27. The van der Waals surface area contributed by atoms with E-state index in [1.807, 2.05) is 13.0 Å². The number of benzene rings is 1. The van der Waals surface area contributed by atoms with Crippen LogP contribution in [0.3, 0.4) is 0 Å². The Bertz CT molecular complexity index is 422. The number of rotatable bonds is 4. The normalized spacial score (nSPS) is 11.1. The van der Waals surface area contributed by atoms with Gasteiger partial charge in [-0.3, -0.25) is 4.79 Å². The Morgan fingerprint density at radius 1 is 1.33 bits per heavy atom. The van der Waals surface area contributed by atoms with Crippen molar-refractivity contribution >= 4 is 17.3 Å². The van der Waals surface area contributed by atoms with Gasteiger partial charge >= 0.3 is 0 Å². The first-order valence-electron chi connectivity index (χ1n) is 6.29. The molecule has 0 spiro atoms. The van der Waals surface area contributed by atoms with E-state index in [0.717, 1.165) is 12.1 Å². The highest BCUT2D eigenvalue weighted by Gasteiger charge is 2.13. The Balaban J connectivity index is 2.82. The maximum Gasteiger partial charge on any atom is 0.251 e. The van der Waals surface area contributed by atoms with Crippen molar-refractivity contribution in [1.29, 1.82) is 0 Å². The summed E-state index contributed by atoms with van der Waals surface area (Å²) in [5, 5.41) is 6.13. The smallest absolute Gasteiger partial charge is 0.251 e. The monoisotopic (exact) mass is 249 g/mol. The number of hydrogen-bond acceptors (Lipinski definition) is 3. The van der Waals surface area contributed by atoms with Crippen molar-refractivity contribution in [3.8, 4) is 0 Å². The van der Waals surface area contributed by atoms with Gasteiger partial charge in [0.1, 0.15) is 0 Å². The molecule has 0 saturated carbocycles. The summed E-state index contributed by atoms with van der Waals surface area (Å²) < 4.78 is 0. The third-order valence-corrected chi connectivity index (χ3v) is 2.36. The van der Waals surface area contributed by atoms with Gasteiger partial charge in [0.05, 0.1) is 11.4 Å². The Labute approximate surface area is 109 Å². The van der Waals surface area contributed by atoms with Crippen LogP contribution in [0.2, 0.25) is 0 Å². The molecule has 1 aromatic rings. The van der Waals surface area contributed by atoms with Gasteiger partial charge in [-0.05, 0) is 45.4 Å². The molecular formula is C14H23N3O. The second kappa shape index (κ2) is 5.76. The van der Waals surface area contributed by atoms with Crippen molar-refractivity contribution in [3.63, 3.8) is 0 Å². The molecular weight excluding hydrogens is 226 g/mol. The first-order chi connectivity index (χ1) is 8.33. The van der Waals surface area contributed by atoms with Gasteiger partial charge in [-0.15, -0.1) is 0 Å². The lowest BCUT2D eigenvalue weighted by molar-refractivity contribution is 0.0953. The molecule has 0 saturated heterocycles. The van der Waals surface area contributed by atoms with E-state index >= 15 is 0 Å². The number of nitrogens with two attached hydrogens (primary N) is 1. The summed E-state index contributed by atoms with van der Waals surface area (Å²) in [6, 6.07) is 5.34. The molecule has 1 amide bonds. The SMILES string of the molecule is CCCNC(=O)c1ccc(NC(C)(C)C)c(N)c1. The van der Waals surface area contributed by atoms with Crippen LogP contribution < -0.4 is 16.4 Å². The predicted octanol–water partition coefficient (Wildman–Crippen LogP) is 2.62.